The summed E-state index contributed by atoms with van der Waals surface area (Å²) >= 11 is 1.43. The number of ether oxygens (including phenoxy) is 1. The number of likely N-dealkylation sites (N-methyl/N-ethyl adjacent to an activating group) is 1. The monoisotopic (exact) mass is 444 g/mol. The van der Waals surface area contributed by atoms with Crippen LogP contribution < -0.4 is 15.0 Å². The van der Waals surface area contributed by atoms with Crippen LogP contribution in [0.2, 0.25) is 0 Å². The normalized spacial score (nSPS) is 14.3. The van der Waals surface area contributed by atoms with Gasteiger partial charge in [0.1, 0.15) is 5.75 Å². The third-order valence-corrected chi connectivity index (χ3v) is 6.48. The van der Waals surface area contributed by atoms with E-state index in [1.807, 2.05) is 67.6 Å². The van der Waals surface area contributed by atoms with Crippen molar-refractivity contribution in [2.24, 2.45) is 0 Å². The Morgan fingerprint density at radius 2 is 1.84 bits per heavy atom. The average Bonchev–Trinajstić information content (AvgIpc) is 2.82. The van der Waals surface area contributed by atoms with Crippen molar-refractivity contribution in [3.8, 4) is 5.75 Å². The summed E-state index contributed by atoms with van der Waals surface area (Å²) in [5.41, 5.74) is 4.37. The van der Waals surface area contributed by atoms with Crippen LogP contribution >= 0.6 is 11.8 Å². The fourth-order valence-corrected chi connectivity index (χ4v) is 4.54. The van der Waals surface area contributed by atoms with Gasteiger partial charge in [0.15, 0.2) is 0 Å². The minimum absolute atomic E-state index is 0.0819. The van der Waals surface area contributed by atoms with Gasteiger partial charge in [-0.2, -0.15) is 0 Å². The molecule has 3 aromatic carbocycles. The van der Waals surface area contributed by atoms with E-state index in [4.69, 9.17) is 4.74 Å². The van der Waals surface area contributed by atoms with E-state index >= 15 is 0 Å². The van der Waals surface area contributed by atoms with Crippen LogP contribution in [0.4, 0.5) is 5.69 Å². The predicted molar refractivity (Wildman–Crippen MR) is 129 cm³/mol. The van der Waals surface area contributed by atoms with Crippen molar-refractivity contribution < 1.29 is 14.3 Å². The van der Waals surface area contributed by atoms with Gasteiger partial charge < -0.3 is 15.0 Å². The van der Waals surface area contributed by atoms with E-state index in [-0.39, 0.29) is 11.8 Å². The Balaban J connectivity index is 1.51. The predicted octanol–water partition coefficient (Wildman–Crippen LogP) is 5.04. The smallest absolute Gasteiger partial charge is 0.264 e. The van der Waals surface area contributed by atoms with Gasteiger partial charge in [-0.05, 0) is 60.0 Å². The lowest BCUT2D eigenvalue weighted by atomic mass is 10.1. The fourth-order valence-electron chi connectivity index (χ4n) is 3.45. The van der Waals surface area contributed by atoms with E-state index in [2.05, 4.69) is 5.32 Å². The number of nitrogens with zero attached hydrogens (tertiary/aromatic N) is 1. The molecular formula is C26H24N2O3S. The number of anilines is 1. The molecule has 1 aliphatic rings. The molecule has 1 heterocycles. The summed E-state index contributed by atoms with van der Waals surface area (Å²) in [7, 11) is 3.36. The zero-order valence-electron chi connectivity index (χ0n) is 18.2. The molecule has 6 heteroatoms. The van der Waals surface area contributed by atoms with Crippen molar-refractivity contribution in [2.75, 3.05) is 19.1 Å². The van der Waals surface area contributed by atoms with Gasteiger partial charge in [-0.15, -0.1) is 0 Å². The van der Waals surface area contributed by atoms with E-state index < -0.39 is 0 Å². The summed E-state index contributed by atoms with van der Waals surface area (Å²) in [6.07, 6.45) is 1.93. The van der Waals surface area contributed by atoms with Gasteiger partial charge in [-0.25, -0.2) is 0 Å². The Morgan fingerprint density at radius 3 is 2.56 bits per heavy atom. The molecule has 0 spiro atoms. The lowest BCUT2D eigenvalue weighted by Crippen LogP contribution is -2.31. The van der Waals surface area contributed by atoms with Crippen LogP contribution in [-0.2, 0) is 11.3 Å². The molecule has 0 unspecified atom stereocenters. The topological polar surface area (TPSA) is 58.6 Å². The quantitative estimate of drug-likeness (QED) is 0.560. The van der Waals surface area contributed by atoms with Gasteiger partial charge in [0, 0.05) is 24.1 Å². The Labute approximate surface area is 192 Å². The summed E-state index contributed by atoms with van der Waals surface area (Å²) in [6.45, 7) is 2.44. The highest BCUT2D eigenvalue weighted by molar-refractivity contribution is 8.04. The van der Waals surface area contributed by atoms with Crippen molar-refractivity contribution >= 4 is 35.3 Å². The van der Waals surface area contributed by atoms with E-state index in [9.17, 15) is 9.59 Å². The maximum atomic E-state index is 13.0. The summed E-state index contributed by atoms with van der Waals surface area (Å²) in [5, 5.41) is 2.93. The first-order valence-electron chi connectivity index (χ1n) is 10.2. The Hall–Kier alpha value is -3.51. The van der Waals surface area contributed by atoms with Crippen molar-refractivity contribution in [3.05, 3.63) is 93.9 Å². The molecule has 0 saturated carbocycles. The standard InChI is InChI=1S/C26H24N2O3S/c1-17-6-4-5-7-19(17)15-24-26(30)28(2)22-14-20(10-13-23(22)32-24)25(29)27-16-18-8-11-21(31-3)12-9-18/h4-15H,16H2,1-3H3,(H,27,29)/b24-15-. The average molecular weight is 445 g/mol. The van der Waals surface area contributed by atoms with Crippen LogP contribution in [0.25, 0.3) is 6.08 Å². The molecule has 5 nitrogen and oxygen atoms in total. The van der Waals surface area contributed by atoms with Crippen LogP contribution in [0.1, 0.15) is 27.0 Å². The minimum Gasteiger partial charge on any atom is -0.497 e. The van der Waals surface area contributed by atoms with Gasteiger partial charge in [-0.3, -0.25) is 9.59 Å². The first-order valence-corrected chi connectivity index (χ1v) is 11.1. The number of thioether (sulfide) groups is 1. The van der Waals surface area contributed by atoms with Gasteiger partial charge >= 0.3 is 0 Å². The molecular weight excluding hydrogens is 420 g/mol. The van der Waals surface area contributed by atoms with E-state index in [1.165, 1.54) is 11.8 Å². The van der Waals surface area contributed by atoms with Crippen molar-refractivity contribution in [1.29, 1.82) is 0 Å². The number of hydrogen-bond donors (Lipinski definition) is 1. The number of carbonyl (C=O) groups excluding carboxylic acids is 2. The second-order valence-electron chi connectivity index (χ2n) is 7.54. The number of carbonyl (C=O) groups is 2. The lowest BCUT2D eigenvalue weighted by Gasteiger charge is -2.27. The molecule has 0 aromatic heterocycles. The number of benzene rings is 3. The summed E-state index contributed by atoms with van der Waals surface area (Å²) in [6, 6.07) is 21.0. The van der Waals surface area contributed by atoms with Crippen LogP contribution in [-0.4, -0.2) is 26.0 Å². The molecule has 3 aromatic rings. The van der Waals surface area contributed by atoms with Crippen molar-refractivity contribution in [1.82, 2.24) is 5.32 Å². The first-order chi connectivity index (χ1) is 15.5. The minimum atomic E-state index is -0.185. The number of amides is 2. The molecule has 1 N–H and O–H groups in total. The second kappa shape index (κ2) is 9.32. The van der Waals surface area contributed by atoms with E-state index in [0.29, 0.717) is 17.0 Å². The molecule has 0 bridgehead atoms. The summed E-state index contributed by atoms with van der Waals surface area (Å²) in [4.78, 5) is 28.9. The first kappa shape index (κ1) is 21.7. The molecule has 0 radical (unpaired) electrons. The Kier molecular flexibility index (Phi) is 6.32. The molecule has 0 saturated heterocycles. The molecule has 1 aliphatic heterocycles. The van der Waals surface area contributed by atoms with Gasteiger partial charge in [-0.1, -0.05) is 48.2 Å². The third-order valence-electron chi connectivity index (χ3n) is 5.40. The molecule has 32 heavy (non-hydrogen) atoms. The summed E-state index contributed by atoms with van der Waals surface area (Å²) < 4.78 is 5.16. The Morgan fingerprint density at radius 1 is 1.09 bits per heavy atom. The number of rotatable bonds is 5. The Bertz CT molecular complexity index is 1200. The molecule has 4 rings (SSSR count). The number of fused-ring (bicyclic) bond motifs is 1. The maximum absolute atomic E-state index is 13.0. The van der Waals surface area contributed by atoms with Crippen molar-refractivity contribution in [2.45, 2.75) is 18.4 Å². The van der Waals surface area contributed by atoms with E-state index in [0.717, 1.165) is 33.0 Å². The molecule has 2 amide bonds. The van der Waals surface area contributed by atoms with Gasteiger partial charge in [0.05, 0.1) is 17.7 Å². The van der Waals surface area contributed by atoms with Gasteiger partial charge in [0.2, 0.25) is 0 Å². The zero-order chi connectivity index (χ0) is 22.7. The van der Waals surface area contributed by atoms with Crippen LogP contribution in [0.3, 0.4) is 0 Å². The highest BCUT2D eigenvalue weighted by Crippen LogP contribution is 2.42. The maximum Gasteiger partial charge on any atom is 0.264 e. The number of methoxy groups -OCH3 is 1. The zero-order valence-corrected chi connectivity index (χ0v) is 19.0. The number of aryl methyl sites for hydroxylation is 1. The van der Waals surface area contributed by atoms with Crippen LogP contribution in [0.5, 0.6) is 5.75 Å². The third kappa shape index (κ3) is 4.55. The highest BCUT2D eigenvalue weighted by Gasteiger charge is 2.27. The van der Waals surface area contributed by atoms with Crippen molar-refractivity contribution in [3.63, 3.8) is 0 Å². The summed E-state index contributed by atoms with van der Waals surface area (Å²) in [5.74, 6) is 0.507. The fraction of sp³-hybridized carbons (Fsp3) is 0.154. The van der Waals surface area contributed by atoms with Crippen LogP contribution in [0, 0.1) is 6.92 Å². The van der Waals surface area contributed by atoms with E-state index in [1.54, 1.807) is 31.2 Å². The SMILES string of the molecule is COc1ccc(CNC(=O)c2ccc3c(c2)N(C)C(=O)/C(=C/c2ccccc2C)S3)cc1. The highest BCUT2D eigenvalue weighted by atomic mass is 32.2. The lowest BCUT2D eigenvalue weighted by molar-refractivity contribution is -0.114. The van der Waals surface area contributed by atoms with Crippen LogP contribution in [0.15, 0.2) is 76.5 Å². The number of hydrogen-bond acceptors (Lipinski definition) is 4. The molecule has 0 atom stereocenters. The van der Waals surface area contributed by atoms with Gasteiger partial charge in [0.25, 0.3) is 11.8 Å². The molecule has 0 aliphatic carbocycles. The second-order valence-corrected chi connectivity index (χ2v) is 8.63. The molecule has 162 valence electrons. The molecule has 0 fully saturated rings. The largest absolute Gasteiger partial charge is 0.497 e. The number of nitrogens with one attached hydrogen (secondary N) is 1.